The summed E-state index contributed by atoms with van der Waals surface area (Å²) in [5.41, 5.74) is 0.205. The summed E-state index contributed by atoms with van der Waals surface area (Å²) in [4.78, 5) is 13.7. The molecule has 1 unspecified atom stereocenters. The molecule has 22 heavy (non-hydrogen) atoms. The zero-order chi connectivity index (χ0) is 15.3. The molecule has 0 bridgehead atoms. The summed E-state index contributed by atoms with van der Waals surface area (Å²) in [7, 11) is 0. The zero-order valence-electron chi connectivity index (χ0n) is 13.4. The minimum absolute atomic E-state index is 0.205. The van der Waals surface area contributed by atoms with Crippen LogP contribution in [0.25, 0.3) is 0 Å². The zero-order valence-corrected chi connectivity index (χ0v) is 14.2. The second kappa shape index (κ2) is 7.60. The first kappa shape index (κ1) is 16.0. The summed E-state index contributed by atoms with van der Waals surface area (Å²) in [6.07, 6.45) is 9.32. The van der Waals surface area contributed by atoms with Gasteiger partial charge in [0.05, 0.1) is 0 Å². The molecule has 1 atom stereocenters. The molecule has 1 saturated heterocycles. The summed E-state index contributed by atoms with van der Waals surface area (Å²) in [6.45, 7) is 3.04. The van der Waals surface area contributed by atoms with Gasteiger partial charge in [0.25, 0.3) is 0 Å². The summed E-state index contributed by atoms with van der Waals surface area (Å²) in [5.74, 6) is 0.945. The summed E-state index contributed by atoms with van der Waals surface area (Å²) < 4.78 is 0. The van der Waals surface area contributed by atoms with Crippen LogP contribution in [-0.4, -0.2) is 25.5 Å². The van der Waals surface area contributed by atoms with E-state index in [1.165, 1.54) is 43.4 Å². The molecule has 2 N–H and O–H groups in total. The summed E-state index contributed by atoms with van der Waals surface area (Å²) in [5, 5.41) is 8.79. The minimum atomic E-state index is 0.205. The maximum absolute atomic E-state index is 12.2. The van der Waals surface area contributed by atoms with Crippen molar-refractivity contribution in [3.63, 3.8) is 0 Å². The number of amides is 1. The standard InChI is InChI=1S/C18H28N2OS/c21-17(7-6-15-8-11-19-13-15)20-14-18(9-2-1-3-10-18)16-5-4-12-22-16/h4-5,12,15,19H,1-3,6-11,13-14H2,(H,20,21). The van der Waals surface area contributed by atoms with Gasteiger partial charge in [-0.3, -0.25) is 4.79 Å². The predicted molar refractivity (Wildman–Crippen MR) is 92.3 cm³/mol. The fourth-order valence-electron chi connectivity index (χ4n) is 3.97. The highest BCUT2D eigenvalue weighted by Gasteiger charge is 2.35. The molecule has 1 aromatic rings. The third-order valence-electron chi connectivity index (χ3n) is 5.42. The van der Waals surface area contributed by atoms with E-state index in [4.69, 9.17) is 0 Å². The Morgan fingerprint density at radius 2 is 2.23 bits per heavy atom. The number of thiophene rings is 1. The second-order valence-electron chi connectivity index (χ2n) is 6.99. The van der Waals surface area contributed by atoms with Crippen LogP contribution >= 0.6 is 11.3 Å². The van der Waals surface area contributed by atoms with Gasteiger partial charge in [-0.25, -0.2) is 0 Å². The van der Waals surface area contributed by atoms with Gasteiger partial charge in [-0.2, -0.15) is 0 Å². The molecule has 0 aromatic carbocycles. The van der Waals surface area contributed by atoms with Crippen molar-refractivity contribution >= 4 is 17.2 Å². The van der Waals surface area contributed by atoms with E-state index in [0.29, 0.717) is 12.3 Å². The molecule has 2 aliphatic rings. The van der Waals surface area contributed by atoms with Crippen molar-refractivity contribution in [3.8, 4) is 0 Å². The first-order chi connectivity index (χ1) is 10.8. The Morgan fingerprint density at radius 1 is 1.36 bits per heavy atom. The molecule has 122 valence electrons. The maximum Gasteiger partial charge on any atom is 0.220 e. The SMILES string of the molecule is O=C(CCC1CCNC1)NCC1(c2cccs2)CCCCC1. The van der Waals surface area contributed by atoms with Gasteiger partial charge in [0.2, 0.25) is 5.91 Å². The number of carbonyl (C=O) groups excluding carboxylic acids is 1. The van der Waals surface area contributed by atoms with Gasteiger partial charge in [0, 0.05) is 23.3 Å². The van der Waals surface area contributed by atoms with Gasteiger partial charge in [-0.05, 0) is 56.1 Å². The van der Waals surface area contributed by atoms with Crippen molar-refractivity contribution in [3.05, 3.63) is 22.4 Å². The first-order valence-corrected chi connectivity index (χ1v) is 9.68. The Bertz CT molecular complexity index is 459. The largest absolute Gasteiger partial charge is 0.355 e. The maximum atomic E-state index is 12.2. The van der Waals surface area contributed by atoms with Crippen molar-refractivity contribution in [1.29, 1.82) is 0 Å². The molecular formula is C18H28N2OS. The van der Waals surface area contributed by atoms with E-state index in [-0.39, 0.29) is 11.3 Å². The fourth-order valence-corrected chi connectivity index (χ4v) is 4.96. The van der Waals surface area contributed by atoms with Crippen LogP contribution in [0.1, 0.15) is 56.2 Å². The molecule has 1 aromatic heterocycles. The highest BCUT2D eigenvalue weighted by molar-refractivity contribution is 7.10. The van der Waals surface area contributed by atoms with Crippen molar-refractivity contribution in [2.75, 3.05) is 19.6 Å². The molecule has 0 spiro atoms. The molecule has 1 saturated carbocycles. The van der Waals surface area contributed by atoms with Crippen LogP contribution in [0.15, 0.2) is 17.5 Å². The first-order valence-electron chi connectivity index (χ1n) is 8.80. The van der Waals surface area contributed by atoms with E-state index >= 15 is 0 Å². The van der Waals surface area contributed by atoms with Gasteiger partial charge < -0.3 is 10.6 Å². The van der Waals surface area contributed by atoms with Crippen LogP contribution in [0.4, 0.5) is 0 Å². The average molecular weight is 321 g/mol. The van der Waals surface area contributed by atoms with Gasteiger partial charge in [-0.15, -0.1) is 11.3 Å². The van der Waals surface area contributed by atoms with Crippen LogP contribution in [0, 0.1) is 5.92 Å². The van der Waals surface area contributed by atoms with E-state index in [1.807, 2.05) is 11.3 Å². The van der Waals surface area contributed by atoms with Crippen molar-refractivity contribution in [2.45, 2.75) is 56.8 Å². The summed E-state index contributed by atoms with van der Waals surface area (Å²) >= 11 is 1.85. The topological polar surface area (TPSA) is 41.1 Å². The lowest BCUT2D eigenvalue weighted by atomic mass is 9.73. The predicted octanol–water partition coefficient (Wildman–Crippen LogP) is 3.46. The third-order valence-corrected chi connectivity index (χ3v) is 6.54. The van der Waals surface area contributed by atoms with Crippen molar-refractivity contribution in [1.82, 2.24) is 10.6 Å². The average Bonchev–Trinajstić information content (AvgIpc) is 3.25. The Hall–Kier alpha value is -0.870. The van der Waals surface area contributed by atoms with Gasteiger partial charge in [0.1, 0.15) is 0 Å². The Balaban J connectivity index is 1.51. The lowest BCUT2D eigenvalue weighted by molar-refractivity contribution is -0.121. The van der Waals surface area contributed by atoms with Crippen LogP contribution in [0.2, 0.25) is 0 Å². The molecule has 1 aliphatic carbocycles. The Morgan fingerprint density at radius 3 is 2.91 bits per heavy atom. The lowest BCUT2D eigenvalue weighted by Gasteiger charge is -2.36. The molecule has 0 radical (unpaired) electrons. The summed E-state index contributed by atoms with van der Waals surface area (Å²) in [6, 6.07) is 4.40. The second-order valence-corrected chi connectivity index (χ2v) is 7.94. The number of nitrogens with one attached hydrogen (secondary N) is 2. The number of rotatable bonds is 6. The van der Waals surface area contributed by atoms with Crippen LogP contribution in [0.5, 0.6) is 0 Å². The van der Waals surface area contributed by atoms with E-state index in [9.17, 15) is 4.79 Å². The molecule has 1 aliphatic heterocycles. The van der Waals surface area contributed by atoms with Gasteiger partial charge in [-0.1, -0.05) is 25.3 Å². The van der Waals surface area contributed by atoms with Gasteiger partial charge >= 0.3 is 0 Å². The minimum Gasteiger partial charge on any atom is -0.355 e. The molecule has 2 heterocycles. The van der Waals surface area contributed by atoms with Gasteiger partial charge in [0.15, 0.2) is 0 Å². The number of hydrogen-bond acceptors (Lipinski definition) is 3. The molecule has 4 heteroatoms. The number of carbonyl (C=O) groups is 1. The third kappa shape index (κ3) is 3.90. The van der Waals surface area contributed by atoms with E-state index in [1.54, 1.807) is 0 Å². The number of hydrogen-bond donors (Lipinski definition) is 2. The van der Waals surface area contributed by atoms with E-state index < -0.39 is 0 Å². The highest BCUT2D eigenvalue weighted by Crippen LogP contribution is 2.41. The Labute approximate surface area is 137 Å². The normalized spacial score (nSPS) is 24.3. The van der Waals surface area contributed by atoms with E-state index in [0.717, 1.165) is 26.1 Å². The molecule has 2 fully saturated rings. The van der Waals surface area contributed by atoms with Crippen LogP contribution in [0.3, 0.4) is 0 Å². The van der Waals surface area contributed by atoms with Crippen molar-refractivity contribution < 1.29 is 4.79 Å². The van der Waals surface area contributed by atoms with Crippen molar-refractivity contribution in [2.24, 2.45) is 5.92 Å². The van der Waals surface area contributed by atoms with E-state index in [2.05, 4.69) is 28.1 Å². The molecular weight excluding hydrogens is 292 g/mol. The monoisotopic (exact) mass is 320 g/mol. The fraction of sp³-hybridized carbons (Fsp3) is 0.722. The van der Waals surface area contributed by atoms with Crippen LogP contribution < -0.4 is 10.6 Å². The molecule has 3 nitrogen and oxygen atoms in total. The highest BCUT2D eigenvalue weighted by atomic mass is 32.1. The van der Waals surface area contributed by atoms with Crippen LogP contribution in [-0.2, 0) is 10.2 Å². The quantitative estimate of drug-likeness (QED) is 0.843. The lowest BCUT2D eigenvalue weighted by Crippen LogP contribution is -2.41. The molecule has 1 amide bonds. The molecule has 3 rings (SSSR count). The Kier molecular flexibility index (Phi) is 5.53. The smallest absolute Gasteiger partial charge is 0.220 e.